The molecule has 0 saturated carbocycles. The van der Waals surface area contributed by atoms with E-state index in [-0.39, 0.29) is 34.5 Å². The number of methoxy groups -OCH3 is 1. The molecule has 1 rings (SSSR count). The van der Waals surface area contributed by atoms with Crippen molar-refractivity contribution in [2.45, 2.75) is 19.3 Å². The highest BCUT2D eigenvalue weighted by atomic mass is 79.9. The Bertz CT molecular complexity index is 328. The van der Waals surface area contributed by atoms with E-state index in [1.807, 2.05) is 6.92 Å². The first-order chi connectivity index (χ1) is 6.70. The highest BCUT2D eigenvalue weighted by Gasteiger charge is 2.13. The van der Waals surface area contributed by atoms with Crippen molar-refractivity contribution in [3.63, 3.8) is 0 Å². The largest absolute Gasteiger partial charge is 0.493 e. The smallest absolute Gasteiger partial charge is 0.165 e. The molecule has 0 amide bonds. The molecule has 0 spiro atoms. The van der Waals surface area contributed by atoms with Gasteiger partial charge in [0.2, 0.25) is 0 Å². The highest BCUT2D eigenvalue weighted by molar-refractivity contribution is 8.93. The Kier molecular flexibility index (Phi) is 6.17. The van der Waals surface area contributed by atoms with Crippen LogP contribution in [0.3, 0.4) is 0 Å². The van der Waals surface area contributed by atoms with Crippen LogP contribution in [0.2, 0.25) is 0 Å². The van der Waals surface area contributed by atoms with Gasteiger partial charge in [-0.15, -0.1) is 17.0 Å². The van der Waals surface area contributed by atoms with E-state index >= 15 is 0 Å². The molecule has 0 heterocycles. The molecule has 0 bridgehead atoms. The molecule has 1 aromatic carbocycles. The van der Waals surface area contributed by atoms with Crippen LogP contribution in [0, 0.1) is 5.82 Å². The Labute approximate surface area is 99.2 Å². The van der Waals surface area contributed by atoms with Gasteiger partial charge in [0.1, 0.15) is 6.29 Å². The third-order valence-corrected chi connectivity index (χ3v) is 2.18. The van der Waals surface area contributed by atoms with Gasteiger partial charge in [-0.2, -0.15) is 0 Å². The van der Waals surface area contributed by atoms with Crippen LogP contribution in [-0.4, -0.2) is 13.4 Å². The number of rotatable bonds is 4. The standard InChI is InChI=1S/C11H13FO2.BrH/c1-8(6-7-13)9-4-3-5-10(12)11(9)14-2;/h3-5,7-8H,6H2,1-2H3;1H. The van der Waals surface area contributed by atoms with Crippen LogP contribution < -0.4 is 4.74 Å². The Hall–Kier alpha value is -0.900. The van der Waals surface area contributed by atoms with Crippen LogP contribution >= 0.6 is 17.0 Å². The van der Waals surface area contributed by atoms with E-state index in [9.17, 15) is 9.18 Å². The quantitative estimate of drug-likeness (QED) is 0.790. The zero-order valence-electron chi connectivity index (χ0n) is 8.70. The Balaban J connectivity index is 0.00000196. The normalized spacial score (nSPS) is 11.4. The van der Waals surface area contributed by atoms with Crippen molar-refractivity contribution in [1.82, 2.24) is 0 Å². The van der Waals surface area contributed by atoms with Crippen molar-refractivity contribution in [2.24, 2.45) is 0 Å². The van der Waals surface area contributed by atoms with E-state index in [0.717, 1.165) is 11.8 Å². The Morgan fingerprint density at radius 3 is 2.73 bits per heavy atom. The van der Waals surface area contributed by atoms with E-state index < -0.39 is 0 Å². The molecule has 4 heteroatoms. The second kappa shape index (κ2) is 6.56. The summed E-state index contributed by atoms with van der Waals surface area (Å²) in [7, 11) is 1.43. The van der Waals surface area contributed by atoms with E-state index in [4.69, 9.17) is 4.74 Å². The SMILES string of the molecule is Br.COc1c(F)cccc1C(C)CC=O. The minimum atomic E-state index is -0.386. The monoisotopic (exact) mass is 276 g/mol. The zero-order chi connectivity index (χ0) is 10.6. The van der Waals surface area contributed by atoms with Crippen molar-refractivity contribution >= 4 is 23.3 Å². The first kappa shape index (κ1) is 14.1. The lowest BCUT2D eigenvalue weighted by Crippen LogP contribution is -2.00. The molecule has 0 radical (unpaired) electrons. The molecule has 0 aliphatic carbocycles. The second-order valence-corrected chi connectivity index (χ2v) is 3.17. The average molecular weight is 277 g/mol. The Morgan fingerprint density at radius 2 is 2.20 bits per heavy atom. The second-order valence-electron chi connectivity index (χ2n) is 3.17. The van der Waals surface area contributed by atoms with Crippen molar-refractivity contribution < 1.29 is 13.9 Å². The van der Waals surface area contributed by atoms with Gasteiger partial charge in [-0.05, 0) is 12.0 Å². The fourth-order valence-corrected chi connectivity index (χ4v) is 1.40. The summed E-state index contributed by atoms with van der Waals surface area (Å²) in [6.45, 7) is 1.87. The average Bonchev–Trinajstić information content (AvgIpc) is 2.17. The lowest BCUT2D eigenvalue weighted by atomic mass is 9.97. The highest BCUT2D eigenvalue weighted by Crippen LogP contribution is 2.30. The molecular weight excluding hydrogens is 263 g/mol. The number of aldehydes is 1. The van der Waals surface area contributed by atoms with Crippen LogP contribution in [0.25, 0.3) is 0 Å². The van der Waals surface area contributed by atoms with Gasteiger partial charge in [0.25, 0.3) is 0 Å². The van der Waals surface area contributed by atoms with Crippen LogP contribution in [-0.2, 0) is 4.79 Å². The van der Waals surface area contributed by atoms with E-state index in [1.54, 1.807) is 12.1 Å². The number of hydrogen-bond acceptors (Lipinski definition) is 2. The third kappa shape index (κ3) is 3.30. The lowest BCUT2D eigenvalue weighted by molar-refractivity contribution is -0.108. The molecule has 2 nitrogen and oxygen atoms in total. The number of carbonyl (C=O) groups excluding carboxylic acids is 1. The summed E-state index contributed by atoms with van der Waals surface area (Å²) < 4.78 is 18.2. The molecule has 0 aromatic heterocycles. The first-order valence-electron chi connectivity index (χ1n) is 4.46. The topological polar surface area (TPSA) is 26.3 Å². The van der Waals surface area contributed by atoms with Gasteiger partial charge in [-0.3, -0.25) is 0 Å². The van der Waals surface area contributed by atoms with E-state index in [1.165, 1.54) is 13.2 Å². The fraction of sp³-hybridized carbons (Fsp3) is 0.364. The van der Waals surface area contributed by atoms with Crippen LogP contribution in [0.4, 0.5) is 4.39 Å². The number of benzene rings is 1. The summed E-state index contributed by atoms with van der Waals surface area (Å²) in [6.07, 6.45) is 1.20. The van der Waals surface area contributed by atoms with Crippen molar-refractivity contribution in [1.29, 1.82) is 0 Å². The molecule has 0 N–H and O–H groups in total. The summed E-state index contributed by atoms with van der Waals surface area (Å²) >= 11 is 0. The summed E-state index contributed by atoms with van der Waals surface area (Å²) in [6, 6.07) is 4.74. The maximum atomic E-state index is 13.2. The van der Waals surface area contributed by atoms with Crippen molar-refractivity contribution in [2.75, 3.05) is 7.11 Å². The zero-order valence-corrected chi connectivity index (χ0v) is 10.4. The van der Waals surface area contributed by atoms with Gasteiger partial charge in [0, 0.05) is 12.0 Å². The van der Waals surface area contributed by atoms with Gasteiger partial charge < -0.3 is 9.53 Å². The number of halogens is 2. The summed E-state index contributed by atoms with van der Waals surface area (Å²) in [5.41, 5.74) is 0.736. The predicted molar refractivity (Wildman–Crippen MR) is 62.4 cm³/mol. The van der Waals surface area contributed by atoms with Crippen LogP contribution in [0.15, 0.2) is 18.2 Å². The number of hydrogen-bond donors (Lipinski definition) is 0. The summed E-state index contributed by atoms with van der Waals surface area (Å²) in [5, 5.41) is 0. The summed E-state index contributed by atoms with van der Waals surface area (Å²) in [5.74, 6) is -0.164. The molecule has 1 atom stereocenters. The van der Waals surface area contributed by atoms with Gasteiger partial charge in [0.15, 0.2) is 11.6 Å². The molecule has 15 heavy (non-hydrogen) atoms. The van der Waals surface area contributed by atoms with E-state index in [0.29, 0.717) is 6.42 Å². The Morgan fingerprint density at radius 1 is 1.53 bits per heavy atom. The van der Waals surface area contributed by atoms with Gasteiger partial charge in [-0.25, -0.2) is 4.39 Å². The summed E-state index contributed by atoms with van der Waals surface area (Å²) in [4.78, 5) is 10.3. The van der Waals surface area contributed by atoms with Crippen molar-refractivity contribution in [3.05, 3.63) is 29.6 Å². The van der Waals surface area contributed by atoms with Crippen LogP contribution in [0.5, 0.6) is 5.75 Å². The molecule has 1 aromatic rings. The maximum absolute atomic E-state index is 13.2. The van der Waals surface area contributed by atoms with Crippen molar-refractivity contribution in [3.8, 4) is 5.75 Å². The molecule has 0 saturated heterocycles. The van der Waals surface area contributed by atoms with Gasteiger partial charge >= 0.3 is 0 Å². The molecule has 1 unspecified atom stereocenters. The lowest BCUT2D eigenvalue weighted by Gasteiger charge is -2.13. The van der Waals surface area contributed by atoms with Crippen LogP contribution in [0.1, 0.15) is 24.8 Å². The maximum Gasteiger partial charge on any atom is 0.165 e. The number of ether oxygens (including phenoxy) is 1. The first-order valence-corrected chi connectivity index (χ1v) is 4.46. The molecule has 0 aliphatic heterocycles. The molecule has 0 fully saturated rings. The molecule has 0 aliphatic rings. The van der Waals surface area contributed by atoms with E-state index in [2.05, 4.69) is 0 Å². The predicted octanol–water partition coefficient (Wildman–Crippen LogP) is 3.10. The number of para-hydroxylation sites is 1. The third-order valence-electron chi connectivity index (χ3n) is 2.18. The fourth-order valence-electron chi connectivity index (χ4n) is 1.40. The minimum absolute atomic E-state index is 0. The number of carbonyl (C=O) groups is 1. The molecule has 84 valence electrons. The minimum Gasteiger partial charge on any atom is -0.493 e. The molecular formula is C11H14BrFO2. The van der Waals surface area contributed by atoms with Gasteiger partial charge in [0.05, 0.1) is 7.11 Å². The van der Waals surface area contributed by atoms with Gasteiger partial charge in [-0.1, -0.05) is 19.1 Å².